The molecule has 0 aliphatic rings. The number of carbonyl (C=O) groups excluding carboxylic acids is 1. The molecule has 1 N–H and O–H groups in total. The van der Waals surface area contributed by atoms with Crippen molar-refractivity contribution in [1.29, 1.82) is 0 Å². The van der Waals surface area contributed by atoms with Crippen LogP contribution in [0.25, 0.3) is 0 Å². The average Bonchev–Trinajstić information content (AvgIpc) is 2.41. The number of nitrogens with zero attached hydrogens (tertiary/aromatic N) is 1. The van der Waals surface area contributed by atoms with Crippen molar-refractivity contribution in [3.05, 3.63) is 53.3 Å². The van der Waals surface area contributed by atoms with Gasteiger partial charge in [0.2, 0.25) is 0 Å². The van der Waals surface area contributed by atoms with Crippen molar-refractivity contribution in [3.8, 4) is 5.75 Å². The van der Waals surface area contributed by atoms with E-state index in [1.165, 1.54) is 12.4 Å². The summed E-state index contributed by atoms with van der Waals surface area (Å²) in [6, 6.07) is 8.76. The zero-order valence-electron chi connectivity index (χ0n) is 11.3. The standard InChI is InChI=1S/C15H15ClN2O2/c1-10(2)20-12-5-3-11(4-6-12)18-15(19)13-7-8-17-9-14(13)16/h3-10H,1-2H3,(H,18,19). The highest BCUT2D eigenvalue weighted by Gasteiger charge is 2.10. The molecule has 2 rings (SSSR count). The van der Waals surface area contributed by atoms with Gasteiger partial charge < -0.3 is 10.1 Å². The van der Waals surface area contributed by atoms with Gasteiger partial charge in [0.15, 0.2) is 0 Å². The first-order valence-corrected chi connectivity index (χ1v) is 6.61. The van der Waals surface area contributed by atoms with Gasteiger partial charge in [-0.15, -0.1) is 0 Å². The molecule has 1 aromatic carbocycles. The van der Waals surface area contributed by atoms with Crippen LogP contribution in [0.2, 0.25) is 5.02 Å². The molecule has 2 aromatic rings. The third kappa shape index (κ3) is 3.71. The van der Waals surface area contributed by atoms with Gasteiger partial charge in [-0.2, -0.15) is 0 Å². The smallest absolute Gasteiger partial charge is 0.257 e. The molecular formula is C15H15ClN2O2. The van der Waals surface area contributed by atoms with Crippen LogP contribution in [0.4, 0.5) is 5.69 Å². The number of benzene rings is 1. The van der Waals surface area contributed by atoms with Crippen molar-refractivity contribution >= 4 is 23.2 Å². The summed E-state index contributed by atoms with van der Waals surface area (Å²) in [4.78, 5) is 15.9. The van der Waals surface area contributed by atoms with E-state index < -0.39 is 0 Å². The van der Waals surface area contributed by atoms with Crippen LogP contribution in [0.15, 0.2) is 42.7 Å². The Hall–Kier alpha value is -2.07. The molecule has 0 unspecified atom stereocenters. The molecule has 0 aliphatic carbocycles. The Morgan fingerprint density at radius 1 is 1.25 bits per heavy atom. The molecule has 5 heteroatoms. The highest BCUT2D eigenvalue weighted by atomic mass is 35.5. The Labute approximate surface area is 122 Å². The van der Waals surface area contributed by atoms with Gasteiger partial charge in [0.1, 0.15) is 5.75 Å². The second kappa shape index (κ2) is 6.39. The minimum Gasteiger partial charge on any atom is -0.491 e. The number of carbonyl (C=O) groups is 1. The lowest BCUT2D eigenvalue weighted by Gasteiger charge is -2.11. The average molecular weight is 291 g/mol. The molecule has 0 fully saturated rings. The number of nitrogens with one attached hydrogen (secondary N) is 1. The zero-order chi connectivity index (χ0) is 14.5. The SMILES string of the molecule is CC(C)Oc1ccc(NC(=O)c2ccncc2Cl)cc1. The Kier molecular flexibility index (Phi) is 4.58. The lowest BCUT2D eigenvalue weighted by atomic mass is 10.2. The van der Waals surface area contributed by atoms with Crippen LogP contribution in [0.3, 0.4) is 0 Å². The fourth-order valence-corrected chi connectivity index (χ4v) is 1.85. The number of anilines is 1. The van der Waals surface area contributed by atoms with Gasteiger partial charge in [0, 0.05) is 18.1 Å². The molecule has 1 amide bonds. The molecule has 4 nitrogen and oxygen atoms in total. The van der Waals surface area contributed by atoms with E-state index in [0.717, 1.165) is 5.75 Å². The molecule has 104 valence electrons. The van der Waals surface area contributed by atoms with Crippen molar-refractivity contribution in [2.45, 2.75) is 20.0 Å². The summed E-state index contributed by atoms with van der Waals surface area (Å²) < 4.78 is 5.54. The minimum atomic E-state index is -0.269. The van der Waals surface area contributed by atoms with E-state index in [4.69, 9.17) is 16.3 Å². The number of rotatable bonds is 4. The van der Waals surface area contributed by atoms with Gasteiger partial charge in [0.05, 0.1) is 16.7 Å². The fourth-order valence-electron chi connectivity index (χ4n) is 1.65. The summed E-state index contributed by atoms with van der Waals surface area (Å²) >= 11 is 5.92. The van der Waals surface area contributed by atoms with Gasteiger partial charge in [0.25, 0.3) is 5.91 Å². The number of amides is 1. The molecule has 20 heavy (non-hydrogen) atoms. The van der Waals surface area contributed by atoms with Crippen molar-refractivity contribution in [3.63, 3.8) is 0 Å². The van der Waals surface area contributed by atoms with Gasteiger partial charge in [-0.05, 0) is 44.2 Å². The zero-order valence-corrected chi connectivity index (χ0v) is 12.0. The molecule has 0 spiro atoms. The van der Waals surface area contributed by atoms with Crippen molar-refractivity contribution in [1.82, 2.24) is 4.98 Å². The molecule has 0 saturated heterocycles. The van der Waals surface area contributed by atoms with Gasteiger partial charge >= 0.3 is 0 Å². The topological polar surface area (TPSA) is 51.2 Å². The minimum absolute atomic E-state index is 0.117. The Morgan fingerprint density at radius 2 is 1.95 bits per heavy atom. The van der Waals surface area contributed by atoms with E-state index in [2.05, 4.69) is 10.3 Å². The largest absolute Gasteiger partial charge is 0.491 e. The first-order chi connectivity index (χ1) is 9.56. The van der Waals surface area contributed by atoms with E-state index in [-0.39, 0.29) is 12.0 Å². The third-order valence-corrected chi connectivity index (χ3v) is 2.80. The second-order valence-corrected chi connectivity index (χ2v) is 4.91. The predicted octanol–water partition coefficient (Wildman–Crippen LogP) is 3.77. The van der Waals surface area contributed by atoms with Crippen LogP contribution in [0.5, 0.6) is 5.75 Å². The Bertz CT molecular complexity index is 597. The summed E-state index contributed by atoms with van der Waals surface area (Å²) in [6.07, 6.45) is 3.09. The first-order valence-electron chi connectivity index (χ1n) is 6.24. The molecule has 1 heterocycles. The summed E-state index contributed by atoms with van der Waals surface area (Å²) in [5.41, 5.74) is 1.07. The van der Waals surface area contributed by atoms with E-state index in [0.29, 0.717) is 16.3 Å². The van der Waals surface area contributed by atoms with Crippen molar-refractivity contribution < 1.29 is 9.53 Å². The maximum absolute atomic E-state index is 12.0. The quantitative estimate of drug-likeness (QED) is 0.932. The maximum Gasteiger partial charge on any atom is 0.257 e. The number of hydrogen-bond donors (Lipinski definition) is 1. The van der Waals surface area contributed by atoms with Crippen molar-refractivity contribution in [2.24, 2.45) is 0 Å². The van der Waals surface area contributed by atoms with Crippen LogP contribution >= 0.6 is 11.6 Å². The normalized spacial score (nSPS) is 10.4. The fraction of sp³-hybridized carbons (Fsp3) is 0.200. The number of pyridine rings is 1. The molecule has 0 saturated carbocycles. The van der Waals surface area contributed by atoms with Gasteiger partial charge in [-0.1, -0.05) is 11.6 Å². The molecule has 0 atom stereocenters. The molecule has 0 radical (unpaired) electrons. The van der Waals surface area contributed by atoms with E-state index in [1.807, 2.05) is 26.0 Å². The van der Waals surface area contributed by atoms with Crippen LogP contribution < -0.4 is 10.1 Å². The highest BCUT2D eigenvalue weighted by Crippen LogP contribution is 2.19. The predicted molar refractivity (Wildman–Crippen MR) is 79.4 cm³/mol. The lowest BCUT2D eigenvalue weighted by Crippen LogP contribution is -2.12. The Balaban J connectivity index is 2.07. The monoisotopic (exact) mass is 290 g/mol. The maximum atomic E-state index is 12.0. The number of aromatic nitrogens is 1. The number of ether oxygens (including phenoxy) is 1. The summed E-state index contributed by atoms with van der Waals surface area (Å²) in [5, 5.41) is 3.10. The first kappa shape index (κ1) is 14.3. The van der Waals surface area contributed by atoms with E-state index in [9.17, 15) is 4.79 Å². The third-order valence-electron chi connectivity index (χ3n) is 2.50. The van der Waals surface area contributed by atoms with Gasteiger partial charge in [-0.3, -0.25) is 9.78 Å². The summed E-state index contributed by atoms with van der Waals surface area (Å²) in [5.74, 6) is 0.495. The van der Waals surface area contributed by atoms with E-state index in [1.54, 1.807) is 18.2 Å². The Morgan fingerprint density at radius 3 is 2.55 bits per heavy atom. The second-order valence-electron chi connectivity index (χ2n) is 4.50. The van der Waals surface area contributed by atoms with Gasteiger partial charge in [-0.25, -0.2) is 0 Å². The van der Waals surface area contributed by atoms with Crippen LogP contribution in [-0.2, 0) is 0 Å². The number of hydrogen-bond acceptors (Lipinski definition) is 3. The van der Waals surface area contributed by atoms with Crippen LogP contribution in [0, 0.1) is 0 Å². The lowest BCUT2D eigenvalue weighted by molar-refractivity contribution is 0.102. The molecule has 0 bridgehead atoms. The summed E-state index contributed by atoms with van der Waals surface area (Å²) in [7, 11) is 0. The number of halogens is 1. The molecule has 0 aliphatic heterocycles. The highest BCUT2D eigenvalue weighted by molar-refractivity contribution is 6.34. The molecule has 1 aromatic heterocycles. The van der Waals surface area contributed by atoms with Crippen LogP contribution in [0.1, 0.15) is 24.2 Å². The van der Waals surface area contributed by atoms with Crippen LogP contribution in [-0.4, -0.2) is 17.0 Å². The van der Waals surface area contributed by atoms with E-state index >= 15 is 0 Å². The van der Waals surface area contributed by atoms with Crippen molar-refractivity contribution in [2.75, 3.05) is 5.32 Å². The summed E-state index contributed by atoms with van der Waals surface area (Å²) in [6.45, 7) is 3.92. The molecular weight excluding hydrogens is 276 g/mol.